The predicted octanol–water partition coefficient (Wildman–Crippen LogP) is 1.61. The third kappa shape index (κ3) is 5.95. The quantitative estimate of drug-likeness (QED) is 0.630. The van der Waals surface area contributed by atoms with E-state index in [9.17, 15) is 0 Å². The average Bonchev–Trinajstić information content (AvgIpc) is 2.09. The Kier molecular flexibility index (Phi) is 7.45. The van der Waals surface area contributed by atoms with Crippen LogP contribution in [0.25, 0.3) is 0 Å². The van der Waals surface area contributed by atoms with Crippen LogP contribution in [-0.2, 0) is 0 Å². The molecule has 0 bridgehead atoms. The number of hydrogen-bond donors (Lipinski definition) is 1. The Bertz CT molecular complexity index is 162. The molecule has 0 aliphatic heterocycles. The van der Waals surface area contributed by atoms with Crippen molar-refractivity contribution in [1.82, 2.24) is 10.2 Å². The third-order valence-electron chi connectivity index (χ3n) is 2.29. The monoisotopic (exact) mass is 197 g/mol. The van der Waals surface area contributed by atoms with Crippen LogP contribution in [0.2, 0.25) is 0 Å². The summed E-state index contributed by atoms with van der Waals surface area (Å²) in [6.07, 6.45) is 0.601. The van der Waals surface area contributed by atoms with E-state index in [0.29, 0.717) is 18.5 Å². The Labute approximate surface area is 88.1 Å². The zero-order valence-corrected chi connectivity index (χ0v) is 9.88. The second kappa shape index (κ2) is 7.78. The molecule has 0 amide bonds. The zero-order chi connectivity index (χ0) is 11.0. The van der Waals surface area contributed by atoms with Gasteiger partial charge in [-0.3, -0.25) is 4.90 Å². The zero-order valence-electron chi connectivity index (χ0n) is 9.88. The van der Waals surface area contributed by atoms with Crippen LogP contribution in [0.5, 0.6) is 0 Å². The van der Waals surface area contributed by atoms with Gasteiger partial charge in [0.05, 0.1) is 6.07 Å². The first kappa shape index (κ1) is 13.4. The van der Waals surface area contributed by atoms with Gasteiger partial charge in [-0.2, -0.15) is 5.26 Å². The van der Waals surface area contributed by atoms with Crippen LogP contribution < -0.4 is 5.32 Å². The molecule has 0 unspecified atom stereocenters. The Balaban J connectivity index is 3.58. The number of rotatable bonds is 7. The lowest BCUT2D eigenvalue weighted by Gasteiger charge is -2.30. The average molecular weight is 197 g/mol. The molecule has 0 aliphatic rings. The first-order valence-corrected chi connectivity index (χ1v) is 5.43. The highest BCUT2D eigenvalue weighted by Crippen LogP contribution is 2.02. The van der Waals surface area contributed by atoms with Gasteiger partial charge in [-0.25, -0.2) is 0 Å². The van der Waals surface area contributed by atoms with E-state index in [2.05, 4.69) is 44.0 Å². The molecule has 0 rings (SSSR count). The molecular weight excluding hydrogens is 174 g/mol. The van der Waals surface area contributed by atoms with Gasteiger partial charge < -0.3 is 5.32 Å². The normalized spacial score (nSPS) is 11.3. The predicted molar refractivity (Wildman–Crippen MR) is 60.1 cm³/mol. The summed E-state index contributed by atoms with van der Waals surface area (Å²) < 4.78 is 0. The summed E-state index contributed by atoms with van der Waals surface area (Å²) in [5.41, 5.74) is 0. The standard InChI is InChI=1S/C11H23N3/c1-10(2)14(11(3)4)9-8-13-7-5-6-12/h10-11,13H,5,7-9H2,1-4H3. The van der Waals surface area contributed by atoms with E-state index in [4.69, 9.17) is 5.26 Å². The van der Waals surface area contributed by atoms with Crippen LogP contribution in [0, 0.1) is 11.3 Å². The fraction of sp³-hybridized carbons (Fsp3) is 0.909. The molecule has 14 heavy (non-hydrogen) atoms. The minimum Gasteiger partial charge on any atom is -0.314 e. The summed E-state index contributed by atoms with van der Waals surface area (Å²) in [4.78, 5) is 2.44. The van der Waals surface area contributed by atoms with Crippen molar-refractivity contribution in [2.75, 3.05) is 19.6 Å². The van der Waals surface area contributed by atoms with Crippen LogP contribution in [-0.4, -0.2) is 36.6 Å². The van der Waals surface area contributed by atoms with Crippen molar-refractivity contribution in [1.29, 1.82) is 5.26 Å². The largest absolute Gasteiger partial charge is 0.314 e. The molecule has 0 atom stereocenters. The summed E-state index contributed by atoms with van der Waals surface area (Å²) in [5, 5.41) is 11.6. The molecule has 82 valence electrons. The Morgan fingerprint density at radius 1 is 1.14 bits per heavy atom. The first-order valence-electron chi connectivity index (χ1n) is 5.43. The van der Waals surface area contributed by atoms with Gasteiger partial charge in [0, 0.05) is 38.1 Å². The topological polar surface area (TPSA) is 39.1 Å². The van der Waals surface area contributed by atoms with E-state index in [1.807, 2.05) is 0 Å². The smallest absolute Gasteiger partial charge is 0.0635 e. The van der Waals surface area contributed by atoms with E-state index in [-0.39, 0.29) is 0 Å². The molecule has 3 nitrogen and oxygen atoms in total. The first-order chi connectivity index (χ1) is 6.59. The van der Waals surface area contributed by atoms with Crippen LogP contribution >= 0.6 is 0 Å². The highest BCUT2D eigenvalue weighted by Gasteiger charge is 2.11. The molecule has 0 saturated heterocycles. The minimum atomic E-state index is 0.591. The summed E-state index contributed by atoms with van der Waals surface area (Å²) in [7, 11) is 0. The highest BCUT2D eigenvalue weighted by atomic mass is 15.2. The third-order valence-corrected chi connectivity index (χ3v) is 2.29. The summed E-state index contributed by atoms with van der Waals surface area (Å²) in [6.45, 7) is 11.7. The molecule has 3 heteroatoms. The van der Waals surface area contributed by atoms with E-state index in [1.54, 1.807) is 0 Å². The van der Waals surface area contributed by atoms with E-state index >= 15 is 0 Å². The van der Waals surface area contributed by atoms with Gasteiger partial charge in [-0.15, -0.1) is 0 Å². The Hall–Kier alpha value is -0.590. The van der Waals surface area contributed by atoms with Crippen LogP contribution in [0.3, 0.4) is 0 Å². The molecule has 1 N–H and O–H groups in total. The highest BCUT2D eigenvalue weighted by molar-refractivity contribution is 4.72. The van der Waals surface area contributed by atoms with Crippen molar-refractivity contribution in [3.63, 3.8) is 0 Å². The molecule has 0 spiro atoms. The lowest BCUT2D eigenvalue weighted by Crippen LogP contribution is -2.41. The molecular formula is C11H23N3. The molecule has 0 aromatic carbocycles. The van der Waals surface area contributed by atoms with Crippen molar-refractivity contribution in [3.8, 4) is 6.07 Å². The summed E-state index contributed by atoms with van der Waals surface area (Å²) in [5.74, 6) is 0. The van der Waals surface area contributed by atoms with Gasteiger partial charge in [-0.05, 0) is 27.7 Å². The van der Waals surface area contributed by atoms with Gasteiger partial charge >= 0.3 is 0 Å². The second-order valence-corrected chi connectivity index (χ2v) is 4.08. The SMILES string of the molecule is CC(C)N(CCNCCC#N)C(C)C. The van der Waals surface area contributed by atoms with E-state index < -0.39 is 0 Å². The van der Waals surface area contributed by atoms with Gasteiger partial charge in [0.15, 0.2) is 0 Å². The van der Waals surface area contributed by atoms with Crippen LogP contribution in [0.15, 0.2) is 0 Å². The Morgan fingerprint density at radius 2 is 1.71 bits per heavy atom. The number of nitriles is 1. The van der Waals surface area contributed by atoms with Crippen LogP contribution in [0.1, 0.15) is 34.1 Å². The molecule has 0 aliphatic carbocycles. The maximum absolute atomic E-state index is 8.35. The fourth-order valence-electron chi connectivity index (χ4n) is 1.59. The van der Waals surface area contributed by atoms with Crippen molar-refractivity contribution < 1.29 is 0 Å². The number of hydrogen-bond acceptors (Lipinski definition) is 3. The second-order valence-electron chi connectivity index (χ2n) is 4.08. The van der Waals surface area contributed by atoms with Gasteiger partial charge in [0.2, 0.25) is 0 Å². The lowest BCUT2D eigenvalue weighted by molar-refractivity contribution is 0.176. The number of nitrogens with zero attached hydrogens (tertiary/aromatic N) is 2. The van der Waals surface area contributed by atoms with Gasteiger partial charge in [-0.1, -0.05) is 0 Å². The Morgan fingerprint density at radius 3 is 2.14 bits per heavy atom. The number of nitrogens with one attached hydrogen (secondary N) is 1. The molecule has 0 heterocycles. The summed E-state index contributed by atoms with van der Waals surface area (Å²) in [6, 6.07) is 3.31. The van der Waals surface area contributed by atoms with E-state index in [0.717, 1.165) is 19.6 Å². The van der Waals surface area contributed by atoms with Crippen molar-refractivity contribution in [2.24, 2.45) is 0 Å². The molecule has 0 radical (unpaired) electrons. The molecule has 0 aromatic rings. The molecule has 0 aromatic heterocycles. The maximum atomic E-state index is 8.35. The summed E-state index contributed by atoms with van der Waals surface area (Å²) >= 11 is 0. The molecule has 0 saturated carbocycles. The van der Waals surface area contributed by atoms with Crippen molar-refractivity contribution in [2.45, 2.75) is 46.2 Å². The van der Waals surface area contributed by atoms with Gasteiger partial charge in [0.1, 0.15) is 0 Å². The molecule has 0 fully saturated rings. The lowest BCUT2D eigenvalue weighted by atomic mass is 10.2. The fourth-order valence-corrected chi connectivity index (χ4v) is 1.59. The van der Waals surface area contributed by atoms with Crippen molar-refractivity contribution in [3.05, 3.63) is 0 Å². The van der Waals surface area contributed by atoms with Crippen molar-refractivity contribution >= 4 is 0 Å². The van der Waals surface area contributed by atoms with Gasteiger partial charge in [0.25, 0.3) is 0 Å². The minimum absolute atomic E-state index is 0.591. The van der Waals surface area contributed by atoms with Crippen LogP contribution in [0.4, 0.5) is 0 Å². The maximum Gasteiger partial charge on any atom is 0.0635 e. The van der Waals surface area contributed by atoms with E-state index in [1.165, 1.54) is 0 Å².